The molecule has 4 aromatic rings. The molecular formula is C23H20N4O5S. The number of urea groups is 1. The standard InChI is InChI=1S/C23H20N4O5S/c1-14-20-17(12-18(25-21(20)32-27-14)15-6-3-2-4-7-15)22(29)31-13-19(28)26-23(30)24-10-9-16-8-5-11-33-16/h2-8,11-12H,9-10,13H2,1H3,(H2,24,26,28,30). The minimum Gasteiger partial charge on any atom is -0.452 e. The van der Waals surface area contributed by atoms with Crippen LogP contribution in [0.3, 0.4) is 0 Å². The Morgan fingerprint density at radius 2 is 1.94 bits per heavy atom. The zero-order chi connectivity index (χ0) is 23.2. The molecular weight excluding hydrogens is 444 g/mol. The van der Waals surface area contributed by atoms with Crippen molar-refractivity contribution in [2.75, 3.05) is 13.2 Å². The second-order valence-corrected chi connectivity index (χ2v) is 8.11. The number of imide groups is 1. The monoisotopic (exact) mass is 464 g/mol. The Kier molecular flexibility index (Phi) is 6.75. The van der Waals surface area contributed by atoms with E-state index in [4.69, 9.17) is 9.26 Å². The smallest absolute Gasteiger partial charge is 0.339 e. The van der Waals surface area contributed by atoms with E-state index in [1.807, 2.05) is 47.8 Å². The number of thiophene rings is 1. The Bertz CT molecular complexity index is 1290. The fraction of sp³-hybridized carbons (Fsp3) is 0.174. The molecule has 0 aliphatic heterocycles. The number of fused-ring (bicyclic) bond motifs is 1. The van der Waals surface area contributed by atoms with Gasteiger partial charge in [0.15, 0.2) is 6.61 Å². The van der Waals surface area contributed by atoms with Gasteiger partial charge in [0.2, 0.25) is 0 Å². The van der Waals surface area contributed by atoms with Crippen LogP contribution in [-0.4, -0.2) is 41.2 Å². The van der Waals surface area contributed by atoms with Gasteiger partial charge in [-0.3, -0.25) is 10.1 Å². The number of pyridine rings is 1. The molecule has 0 aliphatic rings. The van der Waals surface area contributed by atoms with E-state index in [2.05, 4.69) is 20.8 Å². The number of nitrogens with one attached hydrogen (secondary N) is 2. The first-order valence-corrected chi connectivity index (χ1v) is 11.0. The quantitative estimate of drug-likeness (QED) is 0.401. The van der Waals surface area contributed by atoms with Crippen molar-refractivity contribution >= 4 is 40.3 Å². The number of hydrogen-bond acceptors (Lipinski definition) is 8. The molecule has 4 rings (SSSR count). The van der Waals surface area contributed by atoms with E-state index in [1.54, 1.807) is 24.3 Å². The van der Waals surface area contributed by atoms with E-state index < -0.39 is 24.5 Å². The number of aryl methyl sites for hydroxylation is 1. The van der Waals surface area contributed by atoms with E-state index in [0.29, 0.717) is 29.7 Å². The lowest BCUT2D eigenvalue weighted by atomic mass is 10.1. The molecule has 3 heterocycles. The maximum absolute atomic E-state index is 12.8. The van der Waals surface area contributed by atoms with Gasteiger partial charge in [0, 0.05) is 17.0 Å². The van der Waals surface area contributed by atoms with Crippen LogP contribution in [0, 0.1) is 6.92 Å². The average Bonchev–Trinajstić information content (AvgIpc) is 3.47. The molecule has 3 amide bonds. The van der Waals surface area contributed by atoms with Gasteiger partial charge in [0.1, 0.15) is 0 Å². The topological polar surface area (TPSA) is 123 Å². The number of hydrogen-bond donors (Lipinski definition) is 2. The van der Waals surface area contributed by atoms with Gasteiger partial charge in [-0.2, -0.15) is 0 Å². The van der Waals surface area contributed by atoms with E-state index in [1.165, 1.54) is 0 Å². The third kappa shape index (κ3) is 5.42. The van der Waals surface area contributed by atoms with Crippen LogP contribution in [0.25, 0.3) is 22.4 Å². The van der Waals surface area contributed by atoms with Gasteiger partial charge in [-0.15, -0.1) is 11.3 Å². The number of esters is 1. The third-order valence-electron chi connectivity index (χ3n) is 4.73. The molecule has 0 saturated heterocycles. The zero-order valence-corrected chi connectivity index (χ0v) is 18.5. The fourth-order valence-corrected chi connectivity index (χ4v) is 3.89. The van der Waals surface area contributed by atoms with Crippen LogP contribution in [0.2, 0.25) is 0 Å². The minimum atomic E-state index is -0.751. The van der Waals surface area contributed by atoms with Crippen LogP contribution in [0.5, 0.6) is 0 Å². The molecule has 3 aromatic heterocycles. The number of carbonyl (C=O) groups is 3. The summed E-state index contributed by atoms with van der Waals surface area (Å²) in [5.74, 6) is -1.49. The summed E-state index contributed by atoms with van der Waals surface area (Å²) in [6.45, 7) is 1.44. The maximum atomic E-state index is 12.8. The molecule has 0 bridgehead atoms. The number of nitrogens with zero attached hydrogens (tertiary/aromatic N) is 2. The molecule has 0 atom stereocenters. The molecule has 0 fully saturated rings. The predicted molar refractivity (Wildman–Crippen MR) is 122 cm³/mol. The summed E-state index contributed by atoms with van der Waals surface area (Å²) in [7, 11) is 0. The first kappa shape index (κ1) is 22.2. The van der Waals surface area contributed by atoms with Gasteiger partial charge >= 0.3 is 12.0 Å². The van der Waals surface area contributed by atoms with Crippen molar-refractivity contribution in [3.63, 3.8) is 0 Å². The normalized spacial score (nSPS) is 10.7. The van der Waals surface area contributed by atoms with Gasteiger partial charge in [-0.25, -0.2) is 14.6 Å². The Morgan fingerprint density at radius 3 is 2.70 bits per heavy atom. The Hall–Kier alpha value is -4.05. The van der Waals surface area contributed by atoms with Gasteiger partial charge < -0.3 is 14.6 Å². The Labute approximate surface area is 192 Å². The number of ether oxygens (including phenoxy) is 1. The molecule has 9 nitrogen and oxygen atoms in total. The van der Waals surface area contributed by atoms with Crippen molar-refractivity contribution in [2.24, 2.45) is 0 Å². The predicted octanol–water partition coefficient (Wildman–Crippen LogP) is 3.49. The van der Waals surface area contributed by atoms with E-state index in [0.717, 1.165) is 10.4 Å². The minimum absolute atomic E-state index is 0.172. The van der Waals surface area contributed by atoms with Crippen molar-refractivity contribution in [1.29, 1.82) is 0 Å². The highest BCUT2D eigenvalue weighted by Gasteiger charge is 2.21. The summed E-state index contributed by atoms with van der Waals surface area (Å²) in [6, 6.07) is 14.1. The van der Waals surface area contributed by atoms with Crippen LogP contribution in [0.1, 0.15) is 20.9 Å². The van der Waals surface area contributed by atoms with Crippen LogP contribution in [-0.2, 0) is 16.0 Å². The van der Waals surface area contributed by atoms with Crippen LogP contribution >= 0.6 is 11.3 Å². The highest BCUT2D eigenvalue weighted by Crippen LogP contribution is 2.27. The number of aromatic nitrogens is 2. The molecule has 1 aromatic carbocycles. The summed E-state index contributed by atoms with van der Waals surface area (Å²) in [4.78, 5) is 42.3. The van der Waals surface area contributed by atoms with Crippen molar-refractivity contribution < 1.29 is 23.6 Å². The lowest BCUT2D eigenvalue weighted by Crippen LogP contribution is -2.42. The van der Waals surface area contributed by atoms with Crippen LogP contribution < -0.4 is 10.6 Å². The summed E-state index contributed by atoms with van der Waals surface area (Å²) < 4.78 is 10.4. The number of amides is 3. The van der Waals surface area contributed by atoms with Crippen LogP contribution in [0.15, 0.2) is 58.4 Å². The fourth-order valence-electron chi connectivity index (χ4n) is 3.18. The molecule has 33 heavy (non-hydrogen) atoms. The van der Waals surface area contributed by atoms with Crippen LogP contribution in [0.4, 0.5) is 4.79 Å². The molecule has 0 aliphatic carbocycles. The largest absolute Gasteiger partial charge is 0.452 e. The van der Waals surface area contributed by atoms with Crippen molar-refractivity contribution in [3.05, 3.63) is 70.0 Å². The van der Waals surface area contributed by atoms with Gasteiger partial charge in [0.05, 0.1) is 22.3 Å². The molecule has 0 spiro atoms. The van der Waals surface area contributed by atoms with Crippen molar-refractivity contribution in [2.45, 2.75) is 13.3 Å². The van der Waals surface area contributed by atoms with Gasteiger partial charge in [0.25, 0.3) is 11.6 Å². The number of benzene rings is 1. The third-order valence-corrected chi connectivity index (χ3v) is 5.67. The van der Waals surface area contributed by atoms with E-state index in [-0.39, 0.29) is 11.3 Å². The lowest BCUT2D eigenvalue weighted by molar-refractivity contribution is -0.123. The Morgan fingerprint density at radius 1 is 1.12 bits per heavy atom. The molecule has 0 saturated carbocycles. The van der Waals surface area contributed by atoms with E-state index >= 15 is 0 Å². The highest BCUT2D eigenvalue weighted by molar-refractivity contribution is 7.09. The Balaban J connectivity index is 1.38. The average molecular weight is 465 g/mol. The van der Waals surface area contributed by atoms with E-state index in [9.17, 15) is 14.4 Å². The summed E-state index contributed by atoms with van der Waals surface area (Å²) in [5.41, 5.74) is 2.11. The van der Waals surface area contributed by atoms with Crippen molar-refractivity contribution in [3.8, 4) is 11.3 Å². The SMILES string of the molecule is Cc1noc2nc(-c3ccccc3)cc(C(=O)OCC(=O)NC(=O)NCCc3cccs3)c12. The molecule has 0 unspecified atom stereocenters. The number of rotatable bonds is 7. The summed E-state index contributed by atoms with van der Waals surface area (Å²) in [6.07, 6.45) is 0.661. The molecule has 2 N–H and O–H groups in total. The first-order valence-electron chi connectivity index (χ1n) is 10.1. The highest BCUT2D eigenvalue weighted by atomic mass is 32.1. The van der Waals surface area contributed by atoms with Crippen molar-refractivity contribution in [1.82, 2.24) is 20.8 Å². The van der Waals surface area contributed by atoms with Gasteiger partial charge in [-0.05, 0) is 30.9 Å². The lowest BCUT2D eigenvalue weighted by Gasteiger charge is -2.09. The number of carbonyl (C=O) groups excluding carboxylic acids is 3. The molecule has 168 valence electrons. The molecule has 0 radical (unpaired) electrons. The first-order chi connectivity index (χ1) is 16.0. The summed E-state index contributed by atoms with van der Waals surface area (Å²) >= 11 is 1.59. The van der Waals surface area contributed by atoms with Gasteiger partial charge in [-0.1, -0.05) is 41.6 Å². The molecule has 10 heteroatoms. The zero-order valence-electron chi connectivity index (χ0n) is 17.7. The maximum Gasteiger partial charge on any atom is 0.339 e. The second-order valence-electron chi connectivity index (χ2n) is 7.08. The second kappa shape index (κ2) is 10.0. The summed E-state index contributed by atoms with van der Waals surface area (Å²) in [5, 5.41) is 11.0.